The smallest absolute Gasteiger partial charge is 0.224 e. The molecule has 0 aromatic heterocycles. The van der Waals surface area contributed by atoms with E-state index in [1.807, 2.05) is 24.3 Å². The predicted molar refractivity (Wildman–Crippen MR) is 107 cm³/mol. The normalized spacial score (nSPS) is 16.2. The van der Waals surface area contributed by atoms with E-state index in [-0.39, 0.29) is 17.7 Å². The van der Waals surface area contributed by atoms with Crippen LogP contribution >= 0.6 is 0 Å². The molecule has 0 radical (unpaired) electrons. The van der Waals surface area contributed by atoms with E-state index in [1.165, 1.54) is 6.92 Å². The third kappa shape index (κ3) is 4.44. The highest BCUT2D eigenvalue weighted by molar-refractivity contribution is 5.93. The molecule has 1 unspecified atom stereocenters. The SMILES string of the molecule is CC(=O)Nc1cccc(NC(=O)CC(c2ccc3c(c2)OCCO3)C2CC2)c1. The number of fused-ring (bicyclic) bond motifs is 1. The molecule has 6 nitrogen and oxygen atoms in total. The van der Waals surface area contributed by atoms with Gasteiger partial charge in [0.1, 0.15) is 13.2 Å². The molecule has 28 heavy (non-hydrogen) atoms. The van der Waals surface area contributed by atoms with Crippen molar-refractivity contribution in [1.82, 2.24) is 0 Å². The number of amides is 2. The standard InChI is InChI=1S/C22H24N2O4/c1-14(25)23-17-3-2-4-18(12-17)24-22(26)13-19(15-5-6-15)16-7-8-20-21(11-16)28-10-9-27-20/h2-4,7-8,11-12,15,19H,5-6,9-10,13H2,1H3,(H,23,25)(H,24,26). The maximum absolute atomic E-state index is 12.7. The second-order valence-electron chi connectivity index (χ2n) is 7.36. The summed E-state index contributed by atoms with van der Waals surface area (Å²) < 4.78 is 11.3. The van der Waals surface area contributed by atoms with Gasteiger partial charge < -0.3 is 20.1 Å². The Balaban J connectivity index is 1.45. The number of anilines is 2. The molecule has 1 saturated carbocycles. The van der Waals surface area contributed by atoms with Crippen LogP contribution in [0.15, 0.2) is 42.5 Å². The Hall–Kier alpha value is -3.02. The Morgan fingerprint density at radius 1 is 1.00 bits per heavy atom. The van der Waals surface area contributed by atoms with Gasteiger partial charge in [-0.05, 0) is 60.6 Å². The first kappa shape index (κ1) is 18.3. The summed E-state index contributed by atoms with van der Waals surface area (Å²) in [5.41, 5.74) is 2.46. The molecule has 1 aliphatic carbocycles. The van der Waals surface area contributed by atoms with Gasteiger partial charge >= 0.3 is 0 Å². The summed E-state index contributed by atoms with van der Waals surface area (Å²) in [7, 11) is 0. The molecule has 2 aromatic rings. The quantitative estimate of drug-likeness (QED) is 0.796. The maximum atomic E-state index is 12.7. The zero-order valence-electron chi connectivity index (χ0n) is 15.9. The van der Waals surface area contributed by atoms with Crippen molar-refractivity contribution < 1.29 is 19.1 Å². The van der Waals surface area contributed by atoms with Gasteiger partial charge in [0.25, 0.3) is 0 Å². The monoisotopic (exact) mass is 380 g/mol. The highest BCUT2D eigenvalue weighted by atomic mass is 16.6. The average molecular weight is 380 g/mol. The summed E-state index contributed by atoms with van der Waals surface area (Å²) in [5, 5.41) is 5.68. The maximum Gasteiger partial charge on any atom is 0.224 e. The zero-order chi connectivity index (χ0) is 19.5. The molecular weight excluding hydrogens is 356 g/mol. The van der Waals surface area contributed by atoms with Gasteiger partial charge in [-0.2, -0.15) is 0 Å². The van der Waals surface area contributed by atoms with Crippen LogP contribution in [0, 0.1) is 5.92 Å². The summed E-state index contributed by atoms with van der Waals surface area (Å²) in [6.07, 6.45) is 2.70. The highest BCUT2D eigenvalue weighted by Crippen LogP contribution is 2.46. The molecule has 2 N–H and O–H groups in total. The first-order chi connectivity index (χ1) is 13.6. The summed E-state index contributed by atoms with van der Waals surface area (Å²) in [6, 6.07) is 13.2. The molecule has 2 aromatic carbocycles. The van der Waals surface area contributed by atoms with Crippen molar-refractivity contribution in [1.29, 1.82) is 0 Å². The number of ether oxygens (including phenoxy) is 2. The number of hydrogen-bond acceptors (Lipinski definition) is 4. The van der Waals surface area contributed by atoms with Crippen LogP contribution in [0.1, 0.15) is 37.7 Å². The van der Waals surface area contributed by atoms with E-state index in [1.54, 1.807) is 18.2 Å². The molecule has 0 bridgehead atoms. The average Bonchev–Trinajstić information content (AvgIpc) is 3.50. The molecule has 1 heterocycles. The van der Waals surface area contributed by atoms with Crippen LogP contribution in [-0.4, -0.2) is 25.0 Å². The molecule has 2 aliphatic rings. The summed E-state index contributed by atoms with van der Waals surface area (Å²) in [4.78, 5) is 23.9. The fourth-order valence-corrected chi connectivity index (χ4v) is 3.64. The van der Waals surface area contributed by atoms with Crippen LogP contribution in [0.2, 0.25) is 0 Å². The fourth-order valence-electron chi connectivity index (χ4n) is 3.64. The first-order valence-electron chi connectivity index (χ1n) is 9.65. The van der Waals surface area contributed by atoms with Crippen molar-refractivity contribution in [2.45, 2.75) is 32.1 Å². The van der Waals surface area contributed by atoms with Crippen molar-refractivity contribution in [3.63, 3.8) is 0 Å². The minimum Gasteiger partial charge on any atom is -0.486 e. The third-order valence-electron chi connectivity index (χ3n) is 5.06. The molecule has 2 amide bonds. The number of benzene rings is 2. The Bertz CT molecular complexity index is 892. The lowest BCUT2D eigenvalue weighted by molar-refractivity contribution is -0.116. The van der Waals surface area contributed by atoms with E-state index >= 15 is 0 Å². The van der Waals surface area contributed by atoms with E-state index in [0.29, 0.717) is 36.9 Å². The Morgan fingerprint density at radius 3 is 2.43 bits per heavy atom. The number of carbonyl (C=O) groups excluding carboxylic acids is 2. The van der Waals surface area contributed by atoms with E-state index in [0.717, 1.165) is 29.9 Å². The lowest BCUT2D eigenvalue weighted by Gasteiger charge is -2.22. The number of rotatable bonds is 6. The van der Waals surface area contributed by atoms with E-state index in [2.05, 4.69) is 10.6 Å². The van der Waals surface area contributed by atoms with Crippen molar-refractivity contribution in [2.24, 2.45) is 5.92 Å². The minimum atomic E-state index is -0.143. The Labute approximate surface area is 164 Å². The largest absolute Gasteiger partial charge is 0.486 e. The molecular formula is C22H24N2O4. The third-order valence-corrected chi connectivity index (χ3v) is 5.06. The topological polar surface area (TPSA) is 76.7 Å². The molecule has 146 valence electrons. The fraction of sp³-hybridized carbons (Fsp3) is 0.364. The van der Waals surface area contributed by atoms with Gasteiger partial charge in [0.2, 0.25) is 11.8 Å². The van der Waals surface area contributed by atoms with Gasteiger partial charge in [-0.25, -0.2) is 0 Å². The molecule has 0 spiro atoms. The second-order valence-corrected chi connectivity index (χ2v) is 7.36. The van der Waals surface area contributed by atoms with Crippen LogP contribution in [-0.2, 0) is 9.59 Å². The second kappa shape index (κ2) is 7.92. The molecule has 1 atom stereocenters. The van der Waals surface area contributed by atoms with Gasteiger partial charge in [0.15, 0.2) is 11.5 Å². The number of carbonyl (C=O) groups is 2. The molecule has 1 fully saturated rings. The lowest BCUT2D eigenvalue weighted by Crippen LogP contribution is -2.18. The van der Waals surface area contributed by atoms with Gasteiger partial charge in [-0.15, -0.1) is 0 Å². The van der Waals surface area contributed by atoms with E-state index in [9.17, 15) is 9.59 Å². The summed E-state index contributed by atoms with van der Waals surface area (Å²) in [5.74, 6) is 2.04. The van der Waals surface area contributed by atoms with Crippen LogP contribution in [0.5, 0.6) is 11.5 Å². The first-order valence-corrected chi connectivity index (χ1v) is 9.65. The molecule has 0 saturated heterocycles. The molecule has 6 heteroatoms. The van der Waals surface area contributed by atoms with E-state index < -0.39 is 0 Å². The lowest BCUT2D eigenvalue weighted by atomic mass is 9.90. The van der Waals surface area contributed by atoms with Crippen molar-refractivity contribution in [2.75, 3.05) is 23.8 Å². The van der Waals surface area contributed by atoms with Gasteiger partial charge in [0, 0.05) is 24.7 Å². The van der Waals surface area contributed by atoms with Crippen molar-refractivity contribution in [3.05, 3.63) is 48.0 Å². The van der Waals surface area contributed by atoms with Crippen LogP contribution in [0.3, 0.4) is 0 Å². The van der Waals surface area contributed by atoms with Gasteiger partial charge in [-0.1, -0.05) is 12.1 Å². The Kier molecular flexibility index (Phi) is 5.19. The predicted octanol–water partition coefficient (Wildman–Crippen LogP) is 3.94. The zero-order valence-corrected chi connectivity index (χ0v) is 15.9. The van der Waals surface area contributed by atoms with Gasteiger partial charge in [-0.3, -0.25) is 9.59 Å². The van der Waals surface area contributed by atoms with Crippen LogP contribution in [0.4, 0.5) is 11.4 Å². The van der Waals surface area contributed by atoms with Crippen molar-refractivity contribution in [3.8, 4) is 11.5 Å². The molecule has 4 rings (SSSR count). The molecule has 1 aliphatic heterocycles. The van der Waals surface area contributed by atoms with Crippen LogP contribution < -0.4 is 20.1 Å². The number of hydrogen-bond donors (Lipinski definition) is 2. The highest BCUT2D eigenvalue weighted by Gasteiger charge is 2.34. The van der Waals surface area contributed by atoms with Crippen LogP contribution in [0.25, 0.3) is 0 Å². The summed E-state index contributed by atoms with van der Waals surface area (Å²) >= 11 is 0. The minimum absolute atomic E-state index is 0.0354. The van der Waals surface area contributed by atoms with E-state index in [4.69, 9.17) is 9.47 Å². The Morgan fingerprint density at radius 2 is 1.71 bits per heavy atom. The van der Waals surface area contributed by atoms with Gasteiger partial charge in [0.05, 0.1) is 0 Å². The van der Waals surface area contributed by atoms with Crippen molar-refractivity contribution >= 4 is 23.2 Å². The number of nitrogens with one attached hydrogen (secondary N) is 2. The summed E-state index contributed by atoms with van der Waals surface area (Å²) in [6.45, 7) is 2.58.